The van der Waals surface area contributed by atoms with Crippen molar-refractivity contribution in [3.8, 4) is 5.75 Å². The molecule has 0 aliphatic carbocycles. The molecule has 148 valence electrons. The molecule has 1 atom stereocenters. The van der Waals surface area contributed by atoms with Gasteiger partial charge in [0.15, 0.2) is 0 Å². The molecule has 0 spiro atoms. The molecule has 0 aliphatic rings. The Balaban J connectivity index is 1.83. The lowest BCUT2D eigenvalue weighted by molar-refractivity contribution is 0.301. The number of nitrogens with zero attached hydrogens (tertiary/aromatic N) is 1. The Bertz CT molecular complexity index is 1030. The molecule has 6 heteroatoms. The third-order valence-corrected chi connectivity index (χ3v) is 6.16. The van der Waals surface area contributed by atoms with Gasteiger partial charge in [0.1, 0.15) is 5.75 Å². The van der Waals surface area contributed by atoms with E-state index in [1.54, 1.807) is 24.3 Å². The summed E-state index contributed by atoms with van der Waals surface area (Å²) in [7, 11) is 0.298. The fourth-order valence-corrected chi connectivity index (χ4v) is 4.30. The fraction of sp³-hybridized carbons (Fsp3) is 0.273. The highest BCUT2D eigenvalue weighted by atomic mass is 32.2. The molecule has 3 aromatic carbocycles. The van der Waals surface area contributed by atoms with E-state index in [-0.39, 0.29) is 17.5 Å². The summed E-state index contributed by atoms with van der Waals surface area (Å²) in [4.78, 5) is 2.26. The van der Waals surface area contributed by atoms with E-state index < -0.39 is 10.0 Å². The third kappa shape index (κ3) is 4.52. The second kappa shape index (κ2) is 8.73. The zero-order valence-corrected chi connectivity index (χ0v) is 17.2. The topological polar surface area (TPSA) is 58.6 Å². The second-order valence-electron chi connectivity index (χ2n) is 6.80. The van der Waals surface area contributed by atoms with Crippen molar-refractivity contribution in [3.05, 3.63) is 72.3 Å². The van der Waals surface area contributed by atoms with E-state index in [0.717, 1.165) is 16.3 Å². The summed E-state index contributed by atoms with van der Waals surface area (Å²) >= 11 is 0. The molecule has 0 bridgehead atoms. The molecule has 0 aromatic heterocycles. The van der Waals surface area contributed by atoms with E-state index in [1.807, 2.05) is 44.1 Å². The molecule has 28 heavy (non-hydrogen) atoms. The molecule has 0 radical (unpaired) electrons. The molecule has 0 saturated carbocycles. The standard InChI is InChI=1S/C22H26N2O3S/c1-4-27-18-12-14-19(15-13-18)28(25,26)23-16-22(24(2)3)21-11-7-9-17-8-5-6-10-20(17)21/h5-15,22-23H,4,16H2,1-3H3. The van der Waals surface area contributed by atoms with Crippen LogP contribution in [-0.4, -0.2) is 40.6 Å². The minimum absolute atomic E-state index is 0.0939. The number of sulfonamides is 1. The van der Waals surface area contributed by atoms with Crippen molar-refractivity contribution in [1.82, 2.24) is 9.62 Å². The van der Waals surface area contributed by atoms with Gasteiger partial charge in [-0.15, -0.1) is 0 Å². The first-order valence-electron chi connectivity index (χ1n) is 9.29. The SMILES string of the molecule is CCOc1ccc(S(=O)(=O)NCC(c2cccc3ccccc23)N(C)C)cc1. The Morgan fingerprint density at radius 3 is 2.32 bits per heavy atom. The molecule has 1 N–H and O–H groups in total. The normalized spacial score (nSPS) is 13.0. The van der Waals surface area contributed by atoms with E-state index in [4.69, 9.17) is 4.74 Å². The van der Waals surface area contributed by atoms with E-state index in [2.05, 4.69) is 29.0 Å². The van der Waals surface area contributed by atoms with Crippen molar-refractivity contribution in [2.45, 2.75) is 17.9 Å². The quantitative estimate of drug-likeness (QED) is 0.627. The van der Waals surface area contributed by atoms with Crippen LogP contribution in [0.4, 0.5) is 0 Å². The molecule has 0 saturated heterocycles. The Morgan fingerprint density at radius 1 is 0.964 bits per heavy atom. The third-order valence-electron chi connectivity index (χ3n) is 4.72. The first kappa shape index (κ1) is 20.3. The number of hydrogen-bond acceptors (Lipinski definition) is 4. The van der Waals surface area contributed by atoms with Crippen LogP contribution in [0.15, 0.2) is 71.6 Å². The van der Waals surface area contributed by atoms with Crippen molar-refractivity contribution in [2.75, 3.05) is 27.2 Å². The predicted molar refractivity (Wildman–Crippen MR) is 113 cm³/mol. The predicted octanol–water partition coefficient (Wildman–Crippen LogP) is 3.82. The van der Waals surface area contributed by atoms with Gasteiger partial charge in [0.05, 0.1) is 11.5 Å². The molecular weight excluding hydrogens is 372 g/mol. The molecule has 1 unspecified atom stereocenters. The van der Waals surface area contributed by atoms with Crippen LogP contribution in [0.5, 0.6) is 5.75 Å². The summed E-state index contributed by atoms with van der Waals surface area (Å²) in [6.45, 7) is 2.71. The minimum Gasteiger partial charge on any atom is -0.494 e. The second-order valence-corrected chi connectivity index (χ2v) is 8.57. The first-order chi connectivity index (χ1) is 13.4. The number of ether oxygens (including phenoxy) is 1. The largest absolute Gasteiger partial charge is 0.494 e. The summed E-state index contributed by atoms with van der Waals surface area (Å²) in [6.07, 6.45) is 0. The summed E-state index contributed by atoms with van der Waals surface area (Å²) in [6, 6.07) is 20.7. The van der Waals surface area contributed by atoms with Gasteiger partial charge in [-0.25, -0.2) is 13.1 Å². The van der Waals surface area contributed by atoms with Crippen LogP contribution >= 0.6 is 0 Å². The average molecular weight is 399 g/mol. The van der Waals surface area contributed by atoms with Crippen molar-refractivity contribution in [2.24, 2.45) is 0 Å². The highest BCUT2D eigenvalue weighted by molar-refractivity contribution is 7.89. The maximum absolute atomic E-state index is 12.8. The van der Waals surface area contributed by atoms with Gasteiger partial charge in [0.25, 0.3) is 0 Å². The highest BCUT2D eigenvalue weighted by Crippen LogP contribution is 2.27. The van der Waals surface area contributed by atoms with E-state index >= 15 is 0 Å². The van der Waals surface area contributed by atoms with Crippen LogP contribution in [-0.2, 0) is 10.0 Å². The van der Waals surface area contributed by atoms with Crippen LogP contribution in [0, 0.1) is 0 Å². The Kier molecular flexibility index (Phi) is 6.34. The summed E-state index contributed by atoms with van der Waals surface area (Å²) < 4.78 is 33.6. The summed E-state index contributed by atoms with van der Waals surface area (Å²) in [5.41, 5.74) is 1.09. The van der Waals surface area contributed by atoms with Crippen molar-refractivity contribution in [1.29, 1.82) is 0 Å². The zero-order chi connectivity index (χ0) is 20.1. The summed E-state index contributed by atoms with van der Waals surface area (Å²) in [5, 5.41) is 2.27. The number of benzene rings is 3. The Hall–Kier alpha value is -2.41. The molecule has 0 aliphatic heterocycles. The maximum atomic E-state index is 12.8. The van der Waals surface area contributed by atoms with Crippen LogP contribution in [0.2, 0.25) is 0 Å². The van der Waals surface area contributed by atoms with Gasteiger partial charge in [-0.2, -0.15) is 0 Å². The number of fused-ring (bicyclic) bond motifs is 1. The number of rotatable bonds is 8. The monoisotopic (exact) mass is 398 g/mol. The van der Waals surface area contributed by atoms with Gasteiger partial charge in [-0.3, -0.25) is 0 Å². The van der Waals surface area contributed by atoms with Crippen molar-refractivity contribution < 1.29 is 13.2 Å². The Morgan fingerprint density at radius 2 is 1.64 bits per heavy atom. The van der Waals surface area contributed by atoms with Gasteiger partial charge >= 0.3 is 0 Å². The maximum Gasteiger partial charge on any atom is 0.240 e. The lowest BCUT2D eigenvalue weighted by Gasteiger charge is -2.26. The van der Waals surface area contributed by atoms with Crippen LogP contribution in [0.1, 0.15) is 18.5 Å². The minimum atomic E-state index is -3.61. The average Bonchev–Trinajstić information content (AvgIpc) is 2.68. The van der Waals surface area contributed by atoms with Crippen LogP contribution < -0.4 is 9.46 Å². The first-order valence-corrected chi connectivity index (χ1v) is 10.8. The van der Waals surface area contributed by atoms with E-state index in [9.17, 15) is 8.42 Å². The smallest absolute Gasteiger partial charge is 0.240 e. The zero-order valence-electron chi connectivity index (χ0n) is 16.4. The number of hydrogen-bond donors (Lipinski definition) is 1. The number of likely N-dealkylation sites (N-methyl/N-ethyl adjacent to an activating group) is 1. The highest BCUT2D eigenvalue weighted by Gasteiger charge is 2.21. The van der Waals surface area contributed by atoms with Gasteiger partial charge < -0.3 is 9.64 Å². The summed E-state index contributed by atoms with van der Waals surface area (Å²) in [5.74, 6) is 0.656. The van der Waals surface area contributed by atoms with Gasteiger partial charge in [0, 0.05) is 12.6 Å². The molecule has 0 amide bonds. The van der Waals surface area contributed by atoms with Crippen LogP contribution in [0.25, 0.3) is 10.8 Å². The van der Waals surface area contributed by atoms with Gasteiger partial charge in [0.2, 0.25) is 10.0 Å². The van der Waals surface area contributed by atoms with Crippen molar-refractivity contribution >= 4 is 20.8 Å². The molecule has 5 nitrogen and oxygen atoms in total. The number of nitrogens with one attached hydrogen (secondary N) is 1. The lowest BCUT2D eigenvalue weighted by atomic mass is 9.98. The van der Waals surface area contributed by atoms with Crippen molar-refractivity contribution in [3.63, 3.8) is 0 Å². The van der Waals surface area contributed by atoms with Gasteiger partial charge in [-0.1, -0.05) is 42.5 Å². The lowest BCUT2D eigenvalue weighted by Crippen LogP contribution is -2.34. The fourth-order valence-electron chi connectivity index (χ4n) is 3.27. The van der Waals surface area contributed by atoms with E-state index in [0.29, 0.717) is 12.4 Å². The Labute approximate surface area is 167 Å². The molecule has 3 rings (SSSR count). The molecule has 3 aromatic rings. The molecular formula is C22H26N2O3S. The van der Waals surface area contributed by atoms with E-state index in [1.165, 1.54) is 0 Å². The molecule has 0 fully saturated rings. The van der Waals surface area contributed by atoms with Crippen LogP contribution in [0.3, 0.4) is 0 Å². The molecule has 0 heterocycles. The van der Waals surface area contributed by atoms with Gasteiger partial charge in [-0.05, 0) is 61.6 Å².